The van der Waals surface area contributed by atoms with E-state index in [9.17, 15) is 22.8 Å². The van der Waals surface area contributed by atoms with E-state index in [1.165, 1.54) is 18.8 Å². The highest BCUT2D eigenvalue weighted by Crippen LogP contribution is 2.24. The molecule has 0 aliphatic carbocycles. The van der Waals surface area contributed by atoms with E-state index in [-0.39, 0.29) is 6.42 Å². The average molecular weight is 324 g/mol. The van der Waals surface area contributed by atoms with Crippen molar-refractivity contribution in [2.75, 3.05) is 19.8 Å². The van der Waals surface area contributed by atoms with Gasteiger partial charge in [0.2, 0.25) is 17.7 Å². The summed E-state index contributed by atoms with van der Waals surface area (Å²) in [6.07, 6.45) is 1.15. The van der Waals surface area contributed by atoms with Crippen LogP contribution in [0.15, 0.2) is 0 Å². The molecule has 1 fully saturated rings. The van der Waals surface area contributed by atoms with Gasteiger partial charge in [-0.2, -0.15) is 20.2 Å². The van der Waals surface area contributed by atoms with Gasteiger partial charge in [-0.1, -0.05) is 0 Å². The second kappa shape index (κ2) is 6.55. The van der Waals surface area contributed by atoms with Gasteiger partial charge in [-0.15, -0.1) is 0 Å². The summed E-state index contributed by atoms with van der Waals surface area (Å²) in [4.78, 5) is 35.6. The molecule has 1 saturated heterocycles. The predicted molar refractivity (Wildman–Crippen MR) is 72.7 cm³/mol. The quantitative estimate of drug-likeness (QED) is 0.468. The first-order valence-corrected chi connectivity index (χ1v) is 8.53. The molecule has 8 nitrogen and oxygen atoms in total. The summed E-state index contributed by atoms with van der Waals surface area (Å²) in [7, 11) is -3.22. The molecule has 1 aliphatic rings. The minimum atomic E-state index is -4.54. The van der Waals surface area contributed by atoms with Crippen LogP contribution in [0.5, 0.6) is 0 Å². The fraction of sp³-hybridized carbons (Fsp3) is 0.700. The minimum absolute atomic E-state index is 0.00182. The molecule has 114 valence electrons. The lowest BCUT2D eigenvalue weighted by Gasteiger charge is -2.20. The fourth-order valence-electron chi connectivity index (χ4n) is 1.81. The van der Waals surface area contributed by atoms with Gasteiger partial charge in [-0.25, -0.2) is 0 Å². The van der Waals surface area contributed by atoms with E-state index >= 15 is 0 Å². The summed E-state index contributed by atoms with van der Waals surface area (Å²) in [5.74, 6) is -1.60. The Hall–Kier alpha value is -1.13. The summed E-state index contributed by atoms with van der Waals surface area (Å²) in [5.41, 5.74) is 0. The first-order chi connectivity index (χ1) is 9.20. The van der Waals surface area contributed by atoms with Gasteiger partial charge in [0.15, 0.2) is 0 Å². The van der Waals surface area contributed by atoms with Crippen LogP contribution in [0.25, 0.3) is 0 Å². The molecular weight excluding hydrogens is 308 g/mol. The van der Waals surface area contributed by atoms with Crippen LogP contribution < -0.4 is 5.32 Å². The number of rotatable bonds is 6. The fourth-order valence-corrected chi connectivity index (χ4v) is 3.14. The minimum Gasteiger partial charge on any atom is -0.359 e. The molecule has 1 aliphatic heterocycles. The molecule has 0 aromatic carbocycles. The second-order valence-electron chi connectivity index (χ2n) is 4.29. The third kappa shape index (κ3) is 3.93. The zero-order chi connectivity index (χ0) is 15.5. The van der Waals surface area contributed by atoms with Crippen molar-refractivity contribution in [3.05, 3.63) is 0 Å². The first kappa shape index (κ1) is 16.9. The van der Waals surface area contributed by atoms with Crippen LogP contribution in [0.3, 0.4) is 0 Å². The predicted octanol–water partition coefficient (Wildman–Crippen LogP) is -1.13. The SMILES string of the molecule is CNC(=O)CC(CN1C(=O)CC(SC)C1=O)S(=O)(=O)O. The zero-order valence-electron chi connectivity index (χ0n) is 11.0. The average Bonchev–Trinajstić information content (AvgIpc) is 2.63. The lowest BCUT2D eigenvalue weighted by atomic mass is 10.2. The largest absolute Gasteiger partial charge is 0.359 e. The highest BCUT2D eigenvalue weighted by Gasteiger charge is 2.41. The molecule has 1 rings (SSSR count). The van der Waals surface area contributed by atoms with Crippen molar-refractivity contribution in [2.45, 2.75) is 23.3 Å². The molecule has 0 spiro atoms. The van der Waals surface area contributed by atoms with Crippen molar-refractivity contribution in [2.24, 2.45) is 0 Å². The molecule has 0 bridgehead atoms. The number of nitrogens with one attached hydrogen (secondary N) is 1. The first-order valence-electron chi connectivity index (χ1n) is 5.74. The molecule has 0 aromatic heterocycles. The van der Waals surface area contributed by atoms with Gasteiger partial charge in [0, 0.05) is 26.4 Å². The van der Waals surface area contributed by atoms with Crippen molar-refractivity contribution in [1.29, 1.82) is 0 Å². The van der Waals surface area contributed by atoms with Crippen molar-refractivity contribution >= 4 is 39.6 Å². The molecule has 2 N–H and O–H groups in total. The van der Waals surface area contributed by atoms with Gasteiger partial charge in [-0.05, 0) is 6.26 Å². The van der Waals surface area contributed by atoms with Crippen LogP contribution in [-0.2, 0) is 24.5 Å². The Morgan fingerprint density at radius 3 is 2.55 bits per heavy atom. The molecule has 0 radical (unpaired) electrons. The summed E-state index contributed by atoms with van der Waals surface area (Å²) in [5, 5.41) is 0.173. The molecule has 0 aromatic rings. The second-order valence-corrected chi connectivity index (χ2v) is 7.02. The van der Waals surface area contributed by atoms with Crippen LogP contribution >= 0.6 is 11.8 Å². The molecule has 10 heteroatoms. The number of thioether (sulfide) groups is 1. The van der Waals surface area contributed by atoms with Crippen molar-refractivity contribution in [3.8, 4) is 0 Å². The number of carbonyl (C=O) groups excluding carboxylic acids is 3. The highest BCUT2D eigenvalue weighted by molar-refractivity contribution is 8.00. The Labute approximate surface area is 121 Å². The van der Waals surface area contributed by atoms with Gasteiger partial charge < -0.3 is 5.32 Å². The summed E-state index contributed by atoms with van der Waals surface area (Å²) in [6, 6.07) is 0. The molecule has 0 saturated carbocycles. The maximum absolute atomic E-state index is 11.9. The zero-order valence-corrected chi connectivity index (χ0v) is 12.7. The highest BCUT2D eigenvalue weighted by atomic mass is 32.2. The van der Waals surface area contributed by atoms with E-state index in [4.69, 9.17) is 4.55 Å². The number of hydrogen-bond acceptors (Lipinski definition) is 6. The number of carbonyl (C=O) groups is 3. The third-order valence-electron chi connectivity index (χ3n) is 2.99. The maximum atomic E-state index is 11.9. The summed E-state index contributed by atoms with van der Waals surface area (Å²) in [6.45, 7) is -0.513. The molecule has 20 heavy (non-hydrogen) atoms. The Bertz CT molecular complexity index is 518. The summed E-state index contributed by atoms with van der Waals surface area (Å²) >= 11 is 1.20. The normalized spacial score (nSPS) is 21.1. The molecule has 2 unspecified atom stereocenters. The third-order valence-corrected chi connectivity index (χ3v) is 5.08. The number of imide groups is 1. The van der Waals surface area contributed by atoms with E-state index in [0.717, 1.165) is 4.90 Å². The van der Waals surface area contributed by atoms with Crippen LogP contribution in [0.2, 0.25) is 0 Å². The van der Waals surface area contributed by atoms with Crippen LogP contribution in [-0.4, -0.2) is 65.9 Å². The van der Waals surface area contributed by atoms with Crippen LogP contribution in [0, 0.1) is 0 Å². The summed E-state index contributed by atoms with van der Waals surface area (Å²) < 4.78 is 31.6. The van der Waals surface area contributed by atoms with Crippen LogP contribution in [0.4, 0.5) is 0 Å². The monoisotopic (exact) mass is 324 g/mol. The van der Waals surface area contributed by atoms with E-state index in [1.807, 2.05) is 0 Å². The maximum Gasteiger partial charge on any atom is 0.270 e. The number of amides is 3. The van der Waals surface area contributed by atoms with E-state index < -0.39 is 51.3 Å². The Morgan fingerprint density at radius 1 is 1.55 bits per heavy atom. The van der Waals surface area contributed by atoms with E-state index in [2.05, 4.69) is 5.32 Å². The van der Waals surface area contributed by atoms with Gasteiger partial charge in [0.25, 0.3) is 10.1 Å². The van der Waals surface area contributed by atoms with Crippen LogP contribution in [0.1, 0.15) is 12.8 Å². The molecule has 3 amide bonds. The molecule has 1 heterocycles. The number of hydrogen-bond donors (Lipinski definition) is 2. The van der Waals surface area contributed by atoms with Gasteiger partial charge in [0.1, 0.15) is 5.25 Å². The Kier molecular flexibility index (Phi) is 5.54. The Morgan fingerprint density at radius 2 is 2.15 bits per heavy atom. The lowest BCUT2D eigenvalue weighted by molar-refractivity contribution is -0.138. The molecular formula is C10H16N2O6S2. The van der Waals surface area contributed by atoms with Gasteiger partial charge >= 0.3 is 0 Å². The Balaban J connectivity index is 2.88. The van der Waals surface area contributed by atoms with Crippen molar-refractivity contribution in [3.63, 3.8) is 0 Å². The number of likely N-dealkylation sites (tertiary alicyclic amines) is 1. The molecule has 2 atom stereocenters. The van der Waals surface area contributed by atoms with Gasteiger partial charge in [-0.3, -0.25) is 23.8 Å². The van der Waals surface area contributed by atoms with Crippen molar-refractivity contribution in [1.82, 2.24) is 10.2 Å². The number of nitrogens with zero attached hydrogens (tertiary/aromatic N) is 1. The smallest absolute Gasteiger partial charge is 0.270 e. The van der Waals surface area contributed by atoms with E-state index in [0.29, 0.717) is 0 Å². The van der Waals surface area contributed by atoms with Gasteiger partial charge in [0.05, 0.1) is 5.25 Å². The standard InChI is InChI=1S/C10H16N2O6S2/c1-11-8(13)3-6(20(16,17)18)5-12-9(14)4-7(19-2)10(12)15/h6-7H,3-5H2,1-2H3,(H,11,13)(H,16,17,18). The van der Waals surface area contributed by atoms with E-state index in [1.54, 1.807) is 6.26 Å². The lowest BCUT2D eigenvalue weighted by Crippen LogP contribution is -2.42. The van der Waals surface area contributed by atoms with Crippen molar-refractivity contribution < 1.29 is 27.4 Å². The topological polar surface area (TPSA) is 121 Å².